The van der Waals surface area contributed by atoms with Crippen molar-refractivity contribution in [2.24, 2.45) is 7.05 Å². The van der Waals surface area contributed by atoms with E-state index in [1.54, 1.807) is 0 Å². The molecule has 6 heteroatoms. The first-order chi connectivity index (χ1) is 9.63. The van der Waals surface area contributed by atoms with Gasteiger partial charge in [-0.2, -0.15) is 5.10 Å². The van der Waals surface area contributed by atoms with Crippen LogP contribution < -0.4 is 5.32 Å². The zero-order valence-electron chi connectivity index (χ0n) is 12.3. The van der Waals surface area contributed by atoms with Gasteiger partial charge in [-0.25, -0.2) is 4.98 Å². The number of aromatic amines is 1. The molecule has 0 aromatic carbocycles. The predicted molar refractivity (Wildman–Crippen MR) is 82.1 cm³/mol. The van der Waals surface area contributed by atoms with Crippen molar-refractivity contribution in [1.29, 1.82) is 0 Å². The number of hydrogen-bond donors (Lipinski definition) is 2. The molecule has 0 unspecified atom stereocenters. The van der Waals surface area contributed by atoms with Crippen molar-refractivity contribution in [3.63, 3.8) is 0 Å². The third-order valence-electron chi connectivity index (χ3n) is 3.24. The van der Waals surface area contributed by atoms with Gasteiger partial charge in [-0.05, 0) is 12.8 Å². The van der Waals surface area contributed by atoms with Crippen LogP contribution >= 0.6 is 11.6 Å². The zero-order chi connectivity index (χ0) is 14.5. The number of hydrogen-bond acceptors (Lipinski definition) is 3. The monoisotopic (exact) mass is 295 g/mol. The zero-order valence-corrected chi connectivity index (χ0v) is 13.1. The summed E-state index contributed by atoms with van der Waals surface area (Å²) in [5.41, 5.74) is 3.05. The number of nitrogens with one attached hydrogen (secondary N) is 2. The molecule has 0 saturated carbocycles. The Morgan fingerprint density at radius 1 is 1.40 bits per heavy atom. The van der Waals surface area contributed by atoms with Crippen LogP contribution in [0.4, 0.5) is 5.69 Å². The van der Waals surface area contributed by atoms with Gasteiger partial charge in [0.2, 0.25) is 0 Å². The van der Waals surface area contributed by atoms with Crippen molar-refractivity contribution >= 4 is 17.3 Å². The highest BCUT2D eigenvalue weighted by atomic mass is 35.5. The number of H-pyrrole nitrogens is 1. The highest BCUT2D eigenvalue weighted by Crippen LogP contribution is 2.18. The Balaban J connectivity index is 2.01. The lowest BCUT2D eigenvalue weighted by atomic mass is 10.2. The summed E-state index contributed by atoms with van der Waals surface area (Å²) in [6.45, 7) is 4.90. The van der Waals surface area contributed by atoms with Crippen LogP contribution in [0, 0.1) is 0 Å². The fourth-order valence-corrected chi connectivity index (χ4v) is 2.36. The molecule has 2 rings (SSSR count). The van der Waals surface area contributed by atoms with Gasteiger partial charge in [-0.15, -0.1) is 0 Å². The summed E-state index contributed by atoms with van der Waals surface area (Å²) >= 11 is 6.17. The van der Waals surface area contributed by atoms with Crippen molar-refractivity contribution in [2.45, 2.75) is 46.1 Å². The first-order valence-corrected chi connectivity index (χ1v) is 7.51. The molecule has 110 valence electrons. The van der Waals surface area contributed by atoms with Crippen molar-refractivity contribution < 1.29 is 0 Å². The molecule has 2 aromatic heterocycles. The largest absolute Gasteiger partial charge is 0.377 e. The quantitative estimate of drug-likeness (QED) is 0.824. The standard InChI is InChI=1S/C14H22ClN5/c1-4-6-7-13-17-11(14(15)18-13)8-16-12-9-20(3)19-10(12)5-2/h9,16H,4-8H2,1-3H3,(H,17,18). The van der Waals surface area contributed by atoms with Crippen LogP contribution in [0.5, 0.6) is 0 Å². The highest BCUT2D eigenvalue weighted by molar-refractivity contribution is 6.30. The van der Waals surface area contributed by atoms with Crippen molar-refractivity contribution in [2.75, 3.05) is 5.32 Å². The minimum absolute atomic E-state index is 0.561. The van der Waals surface area contributed by atoms with E-state index < -0.39 is 0 Å². The summed E-state index contributed by atoms with van der Waals surface area (Å²) in [7, 11) is 1.93. The number of nitrogens with zero attached hydrogens (tertiary/aromatic N) is 3. The number of aryl methyl sites for hydroxylation is 3. The maximum Gasteiger partial charge on any atom is 0.152 e. The van der Waals surface area contributed by atoms with Gasteiger partial charge < -0.3 is 10.3 Å². The summed E-state index contributed by atoms with van der Waals surface area (Å²) in [5.74, 6) is 0.968. The maximum atomic E-state index is 6.17. The van der Waals surface area contributed by atoms with E-state index in [-0.39, 0.29) is 0 Å². The molecule has 0 bridgehead atoms. The second-order valence-electron chi connectivity index (χ2n) is 4.93. The van der Waals surface area contributed by atoms with Crippen LogP contribution in [-0.2, 0) is 26.4 Å². The van der Waals surface area contributed by atoms with Gasteiger partial charge in [0.1, 0.15) is 5.82 Å². The highest BCUT2D eigenvalue weighted by Gasteiger charge is 2.10. The van der Waals surface area contributed by atoms with Crippen LogP contribution in [0.25, 0.3) is 0 Å². The van der Waals surface area contributed by atoms with Gasteiger partial charge in [-0.1, -0.05) is 31.9 Å². The Morgan fingerprint density at radius 2 is 2.20 bits per heavy atom. The third-order valence-corrected chi connectivity index (χ3v) is 3.55. The van der Waals surface area contributed by atoms with Gasteiger partial charge in [-0.3, -0.25) is 4.68 Å². The normalized spacial score (nSPS) is 11.0. The van der Waals surface area contributed by atoms with E-state index in [1.165, 1.54) is 0 Å². The SMILES string of the molecule is CCCCc1nc(Cl)c(CNc2cn(C)nc2CC)[nH]1. The number of imidazole rings is 1. The molecule has 2 heterocycles. The van der Waals surface area contributed by atoms with E-state index >= 15 is 0 Å². The summed E-state index contributed by atoms with van der Waals surface area (Å²) in [6, 6.07) is 0. The molecule has 0 spiro atoms. The van der Waals surface area contributed by atoms with Gasteiger partial charge in [0.25, 0.3) is 0 Å². The number of anilines is 1. The molecule has 0 aliphatic carbocycles. The summed E-state index contributed by atoms with van der Waals surface area (Å²) in [4.78, 5) is 7.66. The molecule has 0 aliphatic rings. The van der Waals surface area contributed by atoms with Crippen LogP contribution in [0.3, 0.4) is 0 Å². The Kier molecular flexibility index (Phi) is 5.06. The maximum absolute atomic E-state index is 6.17. The van der Waals surface area contributed by atoms with Gasteiger partial charge in [0, 0.05) is 19.7 Å². The molecule has 0 radical (unpaired) electrons. The number of rotatable bonds is 7. The molecule has 5 nitrogen and oxygen atoms in total. The first kappa shape index (κ1) is 14.9. The summed E-state index contributed by atoms with van der Waals surface area (Å²) < 4.78 is 1.82. The predicted octanol–water partition coefficient (Wildman–Crippen LogP) is 3.31. The molecule has 2 aromatic rings. The molecular weight excluding hydrogens is 274 g/mol. The molecule has 20 heavy (non-hydrogen) atoms. The Hall–Kier alpha value is -1.49. The molecule has 0 amide bonds. The minimum Gasteiger partial charge on any atom is -0.377 e. The van der Waals surface area contributed by atoms with Crippen LogP contribution in [0.1, 0.15) is 43.9 Å². The minimum atomic E-state index is 0.561. The first-order valence-electron chi connectivity index (χ1n) is 7.13. The van der Waals surface area contributed by atoms with Crippen molar-refractivity contribution in [3.05, 3.63) is 28.6 Å². The second kappa shape index (κ2) is 6.79. The summed E-state index contributed by atoms with van der Waals surface area (Å²) in [5, 5.41) is 8.34. The molecule has 0 aliphatic heterocycles. The van der Waals surface area contributed by atoms with E-state index in [0.29, 0.717) is 11.7 Å². The lowest BCUT2D eigenvalue weighted by molar-refractivity contribution is 0.746. The Bertz CT molecular complexity index is 558. The fourth-order valence-electron chi connectivity index (χ4n) is 2.15. The van der Waals surface area contributed by atoms with Crippen LogP contribution in [0.2, 0.25) is 5.15 Å². The van der Waals surface area contributed by atoms with Gasteiger partial charge in [0.15, 0.2) is 5.15 Å². The third kappa shape index (κ3) is 3.54. The van der Waals surface area contributed by atoms with E-state index in [4.69, 9.17) is 11.6 Å². The molecular formula is C14H22ClN5. The Labute approximate surface area is 124 Å². The molecule has 0 fully saturated rings. The smallest absolute Gasteiger partial charge is 0.152 e. The van der Waals surface area contributed by atoms with Crippen LogP contribution in [0.15, 0.2) is 6.20 Å². The topological polar surface area (TPSA) is 58.5 Å². The molecule has 2 N–H and O–H groups in total. The average molecular weight is 296 g/mol. The number of halogens is 1. The van der Waals surface area contributed by atoms with E-state index in [2.05, 4.69) is 34.2 Å². The van der Waals surface area contributed by atoms with Gasteiger partial charge >= 0.3 is 0 Å². The van der Waals surface area contributed by atoms with Crippen molar-refractivity contribution in [1.82, 2.24) is 19.7 Å². The lowest BCUT2D eigenvalue weighted by Crippen LogP contribution is -2.02. The number of unbranched alkanes of at least 4 members (excludes halogenated alkanes) is 1. The fraction of sp³-hybridized carbons (Fsp3) is 0.571. The average Bonchev–Trinajstić information content (AvgIpc) is 2.96. The van der Waals surface area contributed by atoms with E-state index in [0.717, 1.165) is 48.6 Å². The molecule has 0 saturated heterocycles. The van der Waals surface area contributed by atoms with Crippen molar-refractivity contribution in [3.8, 4) is 0 Å². The number of aromatic nitrogens is 4. The van der Waals surface area contributed by atoms with E-state index in [9.17, 15) is 0 Å². The molecule has 0 atom stereocenters. The lowest BCUT2D eigenvalue weighted by Gasteiger charge is -2.04. The van der Waals surface area contributed by atoms with E-state index in [1.807, 2.05) is 17.9 Å². The van der Waals surface area contributed by atoms with Gasteiger partial charge in [0.05, 0.1) is 23.6 Å². The second-order valence-corrected chi connectivity index (χ2v) is 5.28. The summed E-state index contributed by atoms with van der Waals surface area (Å²) in [6.07, 6.45) is 6.12. The Morgan fingerprint density at radius 3 is 2.90 bits per heavy atom. The van der Waals surface area contributed by atoms with Crippen LogP contribution in [-0.4, -0.2) is 19.7 Å².